The molecule has 0 aromatic heterocycles. The van der Waals surface area contributed by atoms with E-state index >= 15 is 0 Å². The molecule has 2 nitrogen and oxygen atoms in total. The van der Waals surface area contributed by atoms with Gasteiger partial charge in [0.2, 0.25) is 0 Å². The Hall–Kier alpha value is -1.94. The van der Waals surface area contributed by atoms with E-state index in [1.54, 1.807) is 24.3 Å². The Labute approximate surface area is 147 Å². The highest BCUT2D eigenvalue weighted by atomic mass is 19.1. The van der Waals surface area contributed by atoms with Gasteiger partial charge in [-0.1, -0.05) is 12.1 Å². The van der Waals surface area contributed by atoms with Gasteiger partial charge >= 0.3 is 0 Å². The number of halogens is 2. The molecule has 132 valence electrons. The minimum atomic E-state index is -0.240. The molecular weight excluding hydrogens is 320 g/mol. The number of likely N-dealkylation sites (tertiary alicyclic amines) is 1. The van der Waals surface area contributed by atoms with E-state index in [9.17, 15) is 8.78 Å². The van der Waals surface area contributed by atoms with E-state index in [-0.39, 0.29) is 11.6 Å². The van der Waals surface area contributed by atoms with Gasteiger partial charge in [0.1, 0.15) is 17.4 Å². The normalized spacial score (nSPS) is 25.4. The summed E-state index contributed by atoms with van der Waals surface area (Å²) in [6.07, 6.45) is 2.19. The molecule has 2 fully saturated rings. The molecule has 1 saturated carbocycles. The van der Waals surface area contributed by atoms with Gasteiger partial charge in [0, 0.05) is 19.6 Å². The molecule has 1 aliphatic heterocycles. The summed E-state index contributed by atoms with van der Waals surface area (Å²) in [7, 11) is 0. The minimum absolute atomic E-state index is 0.158. The topological polar surface area (TPSA) is 12.5 Å². The van der Waals surface area contributed by atoms with E-state index in [1.807, 2.05) is 12.1 Å². The average Bonchev–Trinajstić information content (AvgIpc) is 2.92. The van der Waals surface area contributed by atoms with Crippen LogP contribution >= 0.6 is 0 Å². The molecule has 0 spiro atoms. The molecule has 4 rings (SSSR count). The van der Waals surface area contributed by atoms with Crippen LogP contribution in [-0.4, -0.2) is 31.1 Å². The minimum Gasteiger partial charge on any atom is -0.494 e. The van der Waals surface area contributed by atoms with Crippen molar-refractivity contribution in [2.45, 2.75) is 18.8 Å². The lowest BCUT2D eigenvalue weighted by atomic mass is 9.64. The number of hydrogen-bond donors (Lipinski definition) is 0. The fourth-order valence-electron chi connectivity index (χ4n) is 4.28. The van der Waals surface area contributed by atoms with Gasteiger partial charge in [0.15, 0.2) is 0 Å². The standard InChI is InChI=1S/C21H23F2NO/c22-17-4-2-15(3-5-17)20-12-16-13-24(14-21(16)20)10-1-11-25-19-8-6-18(23)7-9-19/h2-9,16,20-21H,1,10-14H2. The third-order valence-corrected chi connectivity index (χ3v) is 5.64. The quantitative estimate of drug-likeness (QED) is 0.718. The monoisotopic (exact) mass is 343 g/mol. The van der Waals surface area contributed by atoms with Crippen molar-refractivity contribution >= 4 is 0 Å². The van der Waals surface area contributed by atoms with Crippen molar-refractivity contribution in [3.05, 3.63) is 65.7 Å². The Kier molecular flexibility index (Phi) is 4.71. The van der Waals surface area contributed by atoms with Crippen molar-refractivity contribution in [2.75, 3.05) is 26.2 Å². The van der Waals surface area contributed by atoms with Crippen LogP contribution < -0.4 is 4.74 Å². The third kappa shape index (κ3) is 3.69. The van der Waals surface area contributed by atoms with Crippen LogP contribution in [0, 0.1) is 23.5 Å². The van der Waals surface area contributed by atoms with Crippen molar-refractivity contribution in [3.63, 3.8) is 0 Å². The van der Waals surface area contributed by atoms with Gasteiger partial charge in [-0.05, 0) is 72.6 Å². The van der Waals surface area contributed by atoms with E-state index in [1.165, 1.54) is 30.7 Å². The maximum Gasteiger partial charge on any atom is 0.123 e. The van der Waals surface area contributed by atoms with Crippen molar-refractivity contribution in [1.29, 1.82) is 0 Å². The van der Waals surface area contributed by atoms with Crippen LogP contribution in [0.3, 0.4) is 0 Å². The van der Waals surface area contributed by atoms with Gasteiger partial charge < -0.3 is 9.64 Å². The molecule has 0 radical (unpaired) electrons. The zero-order chi connectivity index (χ0) is 17.2. The second-order valence-electron chi connectivity index (χ2n) is 7.23. The van der Waals surface area contributed by atoms with Crippen molar-refractivity contribution in [2.24, 2.45) is 11.8 Å². The first-order valence-electron chi connectivity index (χ1n) is 9.05. The molecule has 2 aliphatic rings. The maximum atomic E-state index is 13.1. The van der Waals surface area contributed by atoms with Gasteiger partial charge in [-0.15, -0.1) is 0 Å². The Balaban J connectivity index is 1.21. The zero-order valence-electron chi connectivity index (χ0n) is 14.2. The van der Waals surface area contributed by atoms with Gasteiger partial charge in [0.25, 0.3) is 0 Å². The molecule has 25 heavy (non-hydrogen) atoms. The Morgan fingerprint density at radius 2 is 1.60 bits per heavy atom. The summed E-state index contributed by atoms with van der Waals surface area (Å²) in [6, 6.07) is 13.2. The molecule has 3 atom stereocenters. The van der Waals surface area contributed by atoms with E-state index in [0.717, 1.165) is 31.2 Å². The SMILES string of the molecule is Fc1ccc(OCCCN2CC3CC(c4ccc(F)cc4)C3C2)cc1. The van der Waals surface area contributed by atoms with E-state index < -0.39 is 0 Å². The summed E-state index contributed by atoms with van der Waals surface area (Å²) in [5.41, 5.74) is 1.28. The molecule has 0 N–H and O–H groups in total. The van der Waals surface area contributed by atoms with Gasteiger partial charge in [-0.3, -0.25) is 0 Å². The highest BCUT2D eigenvalue weighted by Crippen LogP contribution is 2.51. The van der Waals surface area contributed by atoms with Crippen LogP contribution in [0.4, 0.5) is 8.78 Å². The van der Waals surface area contributed by atoms with Crippen LogP contribution in [0.2, 0.25) is 0 Å². The van der Waals surface area contributed by atoms with E-state index in [0.29, 0.717) is 18.4 Å². The molecule has 1 saturated heterocycles. The second-order valence-corrected chi connectivity index (χ2v) is 7.23. The highest BCUT2D eigenvalue weighted by molar-refractivity contribution is 5.25. The van der Waals surface area contributed by atoms with E-state index in [4.69, 9.17) is 4.74 Å². The fraction of sp³-hybridized carbons (Fsp3) is 0.429. The molecule has 1 aliphatic carbocycles. The summed E-state index contributed by atoms with van der Waals surface area (Å²) in [4.78, 5) is 2.52. The predicted octanol–water partition coefficient (Wildman–Crippen LogP) is 4.47. The van der Waals surface area contributed by atoms with Gasteiger partial charge in [-0.25, -0.2) is 8.78 Å². The summed E-state index contributed by atoms with van der Waals surface area (Å²) in [5, 5.41) is 0. The molecule has 0 bridgehead atoms. The Morgan fingerprint density at radius 1 is 0.920 bits per heavy atom. The van der Waals surface area contributed by atoms with Crippen LogP contribution in [0.1, 0.15) is 24.3 Å². The first-order valence-corrected chi connectivity index (χ1v) is 9.05. The first kappa shape index (κ1) is 16.5. The van der Waals surface area contributed by atoms with Crippen molar-refractivity contribution in [3.8, 4) is 5.75 Å². The third-order valence-electron chi connectivity index (χ3n) is 5.64. The number of ether oxygens (including phenoxy) is 1. The zero-order valence-corrected chi connectivity index (χ0v) is 14.2. The fourth-order valence-corrected chi connectivity index (χ4v) is 4.28. The second kappa shape index (κ2) is 7.12. The largest absolute Gasteiger partial charge is 0.494 e. The molecule has 4 heteroatoms. The smallest absolute Gasteiger partial charge is 0.123 e. The van der Waals surface area contributed by atoms with Crippen molar-refractivity contribution in [1.82, 2.24) is 4.90 Å². The number of benzene rings is 2. The predicted molar refractivity (Wildman–Crippen MR) is 93.7 cm³/mol. The lowest BCUT2D eigenvalue weighted by Gasteiger charge is -2.40. The highest BCUT2D eigenvalue weighted by Gasteiger charge is 2.47. The van der Waals surface area contributed by atoms with E-state index in [2.05, 4.69) is 4.90 Å². The van der Waals surface area contributed by atoms with Crippen LogP contribution in [0.15, 0.2) is 48.5 Å². The van der Waals surface area contributed by atoms with Crippen LogP contribution in [0.5, 0.6) is 5.75 Å². The number of rotatable bonds is 6. The molecule has 0 amide bonds. The lowest BCUT2D eigenvalue weighted by Crippen LogP contribution is -2.33. The molecular formula is C21H23F2NO. The summed E-state index contributed by atoms with van der Waals surface area (Å²) < 4.78 is 31.6. The summed E-state index contributed by atoms with van der Waals surface area (Å²) in [6.45, 7) is 3.98. The molecule has 3 unspecified atom stereocenters. The summed E-state index contributed by atoms with van der Waals surface area (Å²) in [5.74, 6) is 2.41. The number of nitrogens with zero attached hydrogens (tertiary/aromatic N) is 1. The van der Waals surface area contributed by atoms with Crippen LogP contribution in [-0.2, 0) is 0 Å². The van der Waals surface area contributed by atoms with Gasteiger partial charge in [-0.2, -0.15) is 0 Å². The lowest BCUT2D eigenvalue weighted by molar-refractivity contribution is 0.191. The molecule has 1 heterocycles. The summed E-state index contributed by atoms with van der Waals surface area (Å²) >= 11 is 0. The molecule has 2 aromatic carbocycles. The number of hydrogen-bond acceptors (Lipinski definition) is 2. The Morgan fingerprint density at radius 3 is 2.32 bits per heavy atom. The average molecular weight is 343 g/mol. The van der Waals surface area contributed by atoms with Crippen LogP contribution in [0.25, 0.3) is 0 Å². The maximum absolute atomic E-state index is 13.1. The first-order chi connectivity index (χ1) is 12.2. The molecule has 2 aromatic rings. The van der Waals surface area contributed by atoms with Crippen molar-refractivity contribution < 1.29 is 13.5 Å². The van der Waals surface area contributed by atoms with Gasteiger partial charge in [0.05, 0.1) is 6.61 Å². The number of fused-ring (bicyclic) bond motifs is 1. The Bertz CT molecular complexity index is 701.